The molecule has 0 spiro atoms. The summed E-state index contributed by atoms with van der Waals surface area (Å²) in [6.45, 7) is 2.24. The summed E-state index contributed by atoms with van der Waals surface area (Å²) in [6.07, 6.45) is 7.86. The van der Waals surface area contributed by atoms with Crippen LogP contribution < -0.4 is 15.2 Å². The maximum atomic E-state index is 14.8. The van der Waals surface area contributed by atoms with Crippen molar-refractivity contribution in [2.75, 3.05) is 33.9 Å². The third-order valence-electron chi connectivity index (χ3n) is 10.7. The molecular formula is C39H45N3O6. The van der Waals surface area contributed by atoms with Crippen molar-refractivity contribution in [3.8, 4) is 28.5 Å². The van der Waals surface area contributed by atoms with E-state index in [-0.39, 0.29) is 17.8 Å². The molecule has 1 saturated heterocycles. The van der Waals surface area contributed by atoms with E-state index in [4.69, 9.17) is 19.9 Å². The van der Waals surface area contributed by atoms with Gasteiger partial charge in [0.1, 0.15) is 23.9 Å². The molecule has 0 radical (unpaired) electrons. The Balaban J connectivity index is 1.47. The SMILES string of the molecule is COc1cc2c(c([C@H](Cc3ccc(O)cc3)C(=O)N3CCC(OC)CC3)c1)-c1c(C3CCCCC3)c3ccc(C(N)=O)cc3n1CCO2. The molecule has 3 aromatic carbocycles. The molecule has 9 heteroatoms. The lowest BCUT2D eigenvalue weighted by molar-refractivity contribution is -0.135. The normalized spacial score (nSPS) is 17.7. The summed E-state index contributed by atoms with van der Waals surface area (Å²) >= 11 is 0. The maximum absolute atomic E-state index is 14.8. The van der Waals surface area contributed by atoms with E-state index in [0.717, 1.165) is 71.8 Å². The number of nitrogens with zero attached hydrogens (tertiary/aromatic N) is 2. The van der Waals surface area contributed by atoms with Gasteiger partial charge in [-0.1, -0.05) is 37.5 Å². The van der Waals surface area contributed by atoms with Gasteiger partial charge >= 0.3 is 0 Å². The number of primary amides is 1. The molecule has 48 heavy (non-hydrogen) atoms. The fourth-order valence-electron chi connectivity index (χ4n) is 8.18. The molecule has 0 bridgehead atoms. The van der Waals surface area contributed by atoms with E-state index in [1.54, 1.807) is 26.4 Å². The van der Waals surface area contributed by atoms with Crippen molar-refractivity contribution in [3.05, 3.63) is 76.9 Å². The molecule has 252 valence electrons. The number of carbonyl (C=O) groups excluding carboxylic acids is 2. The van der Waals surface area contributed by atoms with Crippen molar-refractivity contribution < 1.29 is 28.9 Å². The van der Waals surface area contributed by atoms with Gasteiger partial charge in [0.05, 0.1) is 31.4 Å². The van der Waals surface area contributed by atoms with Crippen molar-refractivity contribution in [1.82, 2.24) is 9.47 Å². The molecule has 1 aromatic heterocycles. The van der Waals surface area contributed by atoms with Gasteiger partial charge in [-0.05, 0) is 85.0 Å². The van der Waals surface area contributed by atoms with Crippen molar-refractivity contribution >= 4 is 22.7 Å². The second-order valence-corrected chi connectivity index (χ2v) is 13.5. The molecule has 7 rings (SSSR count). The van der Waals surface area contributed by atoms with Crippen LogP contribution in [0, 0.1) is 0 Å². The van der Waals surface area contributed by atoms with Crippen LogP contribution in [-0.2, 0) is 22.5 Å². The van der Waals surface area contributed by atoms with Gasteiger partial charge in [-0.15, -0.1) is 0 Å². The molecule has 3 heterocycles. The van der Waals surface area contributed by atoms with Crippen molar-refractivity contribution in [1.29, 1.82) is 0 Å². The number of nitrogens with two attached hydrogens (primary N) is 1. The number of aromatic hydroxyl groups is 1. The number of amides is 2. The first-order valence-electron chi connectivity index (χ1n) is 17.3. The van der Waals surface area contributed by atoms with Crippen LogP contribution in [0.4, 0.5) is 0 Å². The molecule has 2 amide bonds. The number of likely N-dealkylation sites (tertiary alicyclic amines) is 1. The predicted octanol–water partition coefficient (Wildman–Crippen LogP) is 6.53. The summed E-state index contributed by atoms with van der Waals surface area (Å²) in [5.41, 5.74) is 12.3. The average Bonchev–Trinajstić information content (AvgIpc) is 3.31. The molecule has 0 unspecified atom stereocenters. The molecule has 4 aromatic rings. The van der Waals surface area contributed by atoms with Crippen LogP contribution in [0.15, 0.2) is 54.6 Å². The van der Waals surface area contributed by atoms with E-state index in [9.17, 15) is 14.7 Å². The van der Waals surface area contributed by atoms with Crippen molar-refractivity contribution in [2.45, 2.75) is 75.9 Å². The van der Waals surface area contributed by atoms with E-state index >= 15 is 0 Å². The first kappa shape index (κ1) is 32.1. The number of fused-ring (bicyclic) bond motifs is 5. The summed E-state index contributed by atoms with van der Waals surface area (Å²) in [6, 6.07) is 16.9. The molecule has 2 fully saturated rings. The third-order valence-corrected chi connectivity index (χ3v) is 10.7. The quantitative estimate of drug-likeness (QED) is 0.224. The number of hydrogen-bond donors (Lipinski definition) is 2. The largest absolute Gasteiger partial charge is 0.508 e. The number of piperidine rings is 1. The van der Waals surface area contributed by atoms with Gasteiger partial charge in [-0.3, -0.25) is 9.59 Å². The van der Waals surface area contributed by atoms with E-state index in [1.165, 1.54) is 12.0 Å². The zero-order valence-corrected chi connectivity index (χ0v) is 27.9. The first-order chi connectivity index (χ1) is 23.4. The van der Waals surface area contributed by atoms with Crippen molar-refractivity contribution in [3.63, 3.8) is 0 Å². The lowest BCUT2D eigenvalue weighted by Gasteiger charge is -2.34. The standard InChI is InChI=1S/C39H45N3O6/c1-46-28-14-16-41(17-15-28)39(45)32(20-24-8-11-27(43)12-9-24)31-22-29(47-2)23-34-36(31)37-35(25-6-4-3-5-7-25)30-13-10-26(38(40)44)21-33(30)42(37)18-19-48-34/h8-13,21-23,25,28,32,43H,3-7,14-20H2,1-2H3,(H2,40,44)/t32-/m0/s1. The molecule has 1 saturated carbocycles. The number of ether oxygens (including phenoxy) is 3. The topological polar surface area (TPSA) is 116 Å². The third kappa shape index (κ3) is 6.00. The van der Waals surface area contributed by atoms with Crippen molar-refractivity contribution in [2.24, 2.45) is 5.73 Å². The van der Waals surface area contributed by atoms with Gasteiger partial charge in [-0.2, -0.15) is 0 Å². The Kier molecular flexibility index (Phi) is 9.05. The lowest BCUT2D eigenvalue weighted by atomic mass is 9.79. The zero-order valence-electron chi connectivity index (χ0n) is 27.9. The fraction of sp³-hybridized carbons (Fsp3) is 0.436. The highest BCUT2D eigenvalue weighted by Gasteiger charge is 2.37. The molecule has 3 aliphatic rings. The Hall–Kier alpha value is -4.50. The summed E-state index contributed by atoms with van der Waals surface area (Å²) in [5, 5.41) is 11.2. The highest BCUT2D eigenvalue weighted by atomic mass is 16.5. The van der Waals surface area contributed by atoms with E-state index in [0.29, 0.717) is 55.6 Å². The monoisotopic (exact) mass is 651 g/mol. The smallest absolute Gasteiger partial charge is 0.248 e. The van der Waals surface area contributed by atoms with Crippen LogP contribution in [0.5, 0.6) is 17.2 Å². The second-order valence-electron chi connectivity index (χ2n) is 13.5. The van der Waals surface area contributed by atoms with Crippen LogP contribution >= 0.6 is 0 Å². The predicted molar refractivity (Wildman–Crippen MR) is 185 cm³/mol. The summed E-state index contributed by atoms with van der Waals surface area (Å²) in [5.74, 6) is 0.881. The highest BCUT2D eigenvalue weighted by molar-refractivity contribution is 6.01. The Bertz CT molecular complexity index is 1820. The van der Waals surface area contributed by atoms with Crippen LogP contribution in [0.1, 0.15) is 83.8 Å². The summed E-state index contributed by atoms with van der Waals surface area (Å²) in [4.78, 5) is 29.2. The zero-order chi connectivity index (χ0) is 33.4. The van der Waals surface area contributed by atoms with Gasteiger partial charge < -0.3 is 34.5 Å². The molecule has 1 atom stereocenters. The van der Waals surface area contributed by atoms with E-state index < -0.39 is 11.8 Å². The Morgan fingerprint density at radius 2 is 1.71 bits per heavy atom. The molecular weight excluding hydrogens is 606 g/mol. The number of carbonyl (C=O) groups is 2. The molecule has 9 nitrogen and oxygen atoms in total. The van der Waals surface area contributed by atoms with Crippen LogP contribution in [-0.4, -0.2) is 66.4 Å². The lowest BCUT2D eigenvalue weighted by Crippen LogP contribution is -2.43. The van der Waals surface area contributed by atoms with Gasteiger partial charge in [0, 0.05) is 48.3 Å². The summed E-state index contributed by atoms with van der Waals surface area (Å²) in [7, 11) is 3.38. The minimum atomic E-state index is -0.550. The van der Waals surface area contributed by atoms with Gasteiger partial charge in [-0.25, -0.2) is 0 Å². The van der Waals surface area contributed by atoms with Gasteiger partial charge in [0.15, 0.2) is 0 Å². The van der Waals surface area contributed by atoms with Gasteiger partial charge in [0.2, 0.25) is 11.8 Å². The first-order valence-corrected chi connectivity index (χ1v) is 17.3. The fourth-order valence-corrected chi connectivity index (χ4v) is 8.18. The van der Waals surface area contributed by atoms with E-state index in [1.807, 2.05) is 41.3 Å². The minimum absolute atomic E-state index is 0.0511. The summed E-state index contributed by atoms with van der Waals surface area (Å²) < 4.78 is 20.3. The van der Waals surface area contributed by atoms with E-state index in [2.05, 4.69) is 10.6 Å². The number of phenolic OH excluding ortho intramolecular Hbond substituents is 1. The van der Waals surface area contributed by atoms with Crippen LogP contribution in [0.25, 0.3) is 22.2 Å². The second kappa shape index (κ2) is 13.5. The Labute approximate surface area is 281 Å². The minimum Gasteiger partial charge on any atom is -0.508 e. The number of phenols is 1. The maximum Gasteiger partial charge on any atom is 0.248 e. The molecule has 3 N–H and O–H groups in total. The average molecular weight is 652 g/mol. The van der Waals surface area contributed by atoms with Gasteiger partial charge in [0.25, 0.3) is 0 Å². The van der Waals surface area contributed by atoms with Crippen LogP contribution in [0.3, 0.4) is 0 Å². The number of rotatable bonds is 8. The van der Waals surface area contributed by atoms with Crippen LogP contribution in [0.2, 0.25) is 0 Å². The highest BCUT2D eigenvalue weighted by Crippen LogP contribution is 2.51. The number of aromatic nitrogens is 1. The number of methoxy groups -OCH3 is 2. The number of hydrogen-bond acceptors (Lipinski definition) is 6. The molecule has 1 aliphatic carbocycles. The number of benzene rings is 3. The Morgan fingerprint density at radius 3 is 2.40 bits per heavy atom. The molecule has 2 aliphatic heterocycles. The Morgan fingerprint density at radius 1 is 0.958 bits per heavy atom.